The van der Waals surface area contributed by atoms with E-state index in [1.54, 1.807) is 24.6 Å². The second-order valence-corrected chi connectivity index (χ2v) is 6.25. The number of ether oxygens (including phenoxy) is 2. The Bertz CT molecular complexity index is 788. The molecule has 3 aromatic rings. The lowest BCUT2D eigenvalue weighted by molar-refractivity contribution is 0.281. The molecule has 5 heteroatoms. The van der Waals surface area contributed by atoms with E-state index in [1.165, 1.54) is 11.1 Å². The van der Waals surface area contributed by atoms with Crippen molar-refractivity contribution >= 4 is 16.5 Å². The van der Waals surface area contributed by atoms with E-state index in [1.807, 2.05) is 35.7 Å². The molecule has 0 saturated carbocycles. The highest BCUT2D eigenvalue weighted by Gasteiger charge is 2.12. The Labute approximate surface area is 146 Å². The van der Waals surface area contributed by atoms with Crippen LogP contribution in [0.25, 0.3) is 0 Å². The van der Waals surface area contributed by atoms with Crippen molar-refractivity contribution in [2.24, 2.45) is 0 Å². The molecule has 0 radical (unpaired) electrons. The molecule has 0 fully saturated rings. The van der Waals surface area contributed by atoms with E-state index in [0.29, 0.717) is 13.2 Å². The Balaban J connectivity index is 1.78. The molecule has 0 atom stereocenters. The van der Waals surface area contributed by atoms with Crippen LogP contribution in [0.3, 0.4) is 0 Å². The first-order chi connectivity index (χ1) is 11.8. The van der Waals surface area contributed by atoms with E-state index in [9.17, 15) is 0 Å². The molecule has 0 spiro atoms. The molecule has 0 unspecified atom stereocenters. The summed E-state index contributed by atoms with van der Waals surface area (Å²) in [6.45, 7) is 3.23. The molecule has 0 amide bonds. The maximum absolute atomic E-state index is 6.11. The lowest BCUT2D eigenvalue weighted by Gasteiger charge is -2.16. The van der Waals surface area contributed by atoms with Crippen LogP contribution < -0.4 is 14.8 Å². The van der Waals surface area contributed by atoms with E-state index in [4.69, 9.17) is 9.47 Å². The molecule has 0 aliphatic rings. The number of methoxy groups -OCH3 is 1. The monoisotopic (exact) mass is 340 g/mol. The van der Waals surface area contributed by atoms with Gasteiger partial charge in [-0.2, -0.15) is 0 Å². The Kier molecular flexibility index (Phi) is 5.33. The van der Waals surface area contributed by atoms with Gasteiger partial charge in [-0.3, -0.25) is 0 Å². The van der Waals surface area contributed by atoms with Gasteiger partial charge in [-0.1, -0.05) is 36.4 Å². The van der Waals surface area contributed by atoms with Crippen molar-refractivity contribution in [1.29, 1.82) is 0 Å². The second-order valence-electron chi connectivity index (χ2n) is 5.35. The number of anilines is 1. The minimum absolute atomic E-state index is 0.511. The van der Waals surface area contributed by atoms with Gasteiger partial charge in [0.15, 0.2) is 16.6 Å². The normalized spacial score (nSPS) is 10.4. The zero-order valence-corrected chi connectivity index (χ0v) is 14.6. The Hall–Kier alpha value is -2.53. The number of nitrogens with one attached hydrogen (secondary N) is 1. The fourth-order valence-electron chi connectivity index (χ4n) is 2.43. The van der Waals surface area contributed by atoms with Crippen molar-refractivity contribution in [1.82, 2.24) is 4.98 Å². The van der Waals surface area contributed by atoms with Crippen LogP contribution in [-0.2, 0) is 13.2 Å². The van der Waals surface area contributed by atoms with E-state index < -0.39 is 0 Å². The van der Waals surface area contributed by atoms with Crippen LogP contribution in [0.4, 0.5) is 5.13 Å². The zero-order chi connectivity index (χ0) is 16.8. The maximum atomic E-state index is 6.11. The first kappa shape index (κ1) is 16.3. The fraction of sp³-hybridized carbons (Fsp3) is 0.211. The topological polar surface area (TPSA) is 43.4 Å². The summed E-state index contributed by atoms with van der Waals surface area (Å²) in [5.41, 5.74) is 3.43. The molecule has 2 aromatic carbocycles. The van der Waals surface area contributed by atoms with Crippen molar-refractivity contribution in [3.8, 4) is 11.5 Å². The summed E-state index contributed by atoms with van der Waals surface area (Å²) >= 11 is 1.58. The highest BCUT2D eigenvalue weighted by Crippen LogP contribution is 2.32. The molecular formula is C19H20N2O2S. The van der Waals surface area contributed by atoms with Crippen LogP contribution in [0.15, 0.2) is 54.0 Å². The van der Waals surface area contributed by atoms with Crippen LogP contribution in [0, 0.1) is 6.92 Å². The predicted octanol–water partition coefficient (Wildman–Crippen LogP) is 4.65. The van der Waals surface area contributed by atoms with E-state index in [-0.39, 0.29) is 0 Å². The molecule has 24 heavy (non-hydrogen) atoms. The van der Waals surface area contributed by atoms with E-state index >= 15 is 0 Å². The lowest BCUT2D eigenvalue weighted by Crippen LogP contribution is -2.05. The third-order valence-corrected chi connectivity index (χ3v) is 4.51. The summed E-state index contributed by atoms with van der Waals surface area (Å²) < 4.78 is 11.6. The van der Waals surface area contributed by atoms with E-state index in [2.05, 4.69) is 29.4 Å². The summed E-state index contributed by atoms with van der Waals surface area (Å²) in [6, 6.07) is 14.2. The van der Waals surface area contributed by atoms with Gasteiger partial charge in [0.2, 0.25) is 0 Å². The quantitative estimate of drug-likeness (QED) is 0.680. The Morgan fingerprint density at radius 3 is 2.67 bits per heavy atom. The van der Waals surface area contributed by atoms with E-state index in [0.717, 1.165) is 22.2 Å². The first-order valence-corrected chi connectivity index (χ1v) is 8.62. The highest BCUT2D eigenvalue weighted by atomic mass is 32.1. The Morgan fingerprint density at radius 1 is 1.08 bits per heavy atom. The largest absolute Gasteiger partial charge is 0.493 e. The van der Waals surface area contributed by atoms with Crippen molar-refractivity contribution in [2.45, 2.75) is 20.1 Å². The Morgan fingerprint density at radius 2 is 1.92 bits per heavy atom. The van der Waals surface area contributed by atoms with Crippen molar-refractivity contribution < 1.29 is 9.47 Å². The summed E-state index contributed by atoms with van der Waals surface area (Å²) in [5, 5.41) is 6.15. The van der Waals surface area contributed by atoms with Gasteiger partial charge in [-0.25, -0.2) is 4.98 Å². The smallest absolute Gasteiger partial charge is 0.182 e. The number of para-hydroxylation sites is 1. The minimum atomic E-state index is 0.511. The third kappa shape index (κ3) is 3.86. The number of aryl methyl sites for hydroxylation is 1. The van der Waals surface area contributed by atoms with Gasteiger partial charge in [-0.15, -0.1) is 11.3 Å². The van der Waals surface area contributed by atoms with Gasteiger partial charge < -0.3 is 14.8 Å². The molecule has 1 heterocycles. The molecular weight excluding hydrogens is 320 g/mol. The molecule has 1 aromatic heterocycles. The fourth-order valence-corrected chi connectivity index (χ4v) is 2.96. The van der Waals surface area contributed by atoms with Crippen LogP contribution in [0.5, 0.6) is 11.5 Å². The molecule has 0 aliphatic carbocycles. The van der Waals surface area contributed by atoms with Crippen LogP contribution in [0.2, 0.25) is 0 Å². The van der Waals surface area contributed by atoms with Gasteiger partial charge in [0, 0.05) is 23.7 Å². The first-order valence-electron chi connectivity index (χ1n) is 7.74. The predicted molar refractivity (Wildman–Crippen MR) is 97.9 cm³/mol. The molecule has 0 saturated heterocycles. The second kappa shape index (κ2) is 7.84. The number of benzene rings is 2. The SMILES string of the molecule is COc1cccc(CNc2nccs2)c1OCc1ccccc1C. The minimum Gasteiger partial charge on any atom is -0.493 e. The van der Waals surface area contributed by atoms with Crippen LogP contribution in [-0.4, -0.2) is 12.1 Å². The van der Waals surface area contributed by atoms with Gasteiger partial charge >= 0.3 is 0 Å². The van der Waals surface area contributed by atoms with Gasteiger partial charge in [0.25, 0.3) is 0 Å². The molecule has 4 nitrogen and oxygen atoms in total. The van der Waals surface area contributed by atoms with Crippen molar-refractivity contribution in [3.63, 3.8) is 0 Å². The zero-order valence-electron chi connectivity index (χ0n) is 13.8. The summed E-state index contributed by atoms with van der Waals surface area (Å²) in [5.74, 6) is 1.51. The molecule has 3 rings (SSSR count). The maximum Gasteiger partial charge on any atom is 0.182 e. The standard InChI is InChI=1S/C19H20N2O2S/c1-14-6-3-4-7-16(14)13-23-18-15(8-5-9-17(18)22-2)12-21-19-20-10-11-24-19/h3-11H,12-13H2,1-2H3,(H,20,21). The third-order valence-electron chi connectivity index (χ3n) is 3.78. The number of rotatable bonds is 7. The number of hydrogen-bond acceptors (Lipinski definition) is 5. The summed E-state index contributed by atoms with van der Waals surface area (Å²) in [7, 11) is 1.66. The average molecular weight is 340 g/mol. The average Bonchev–Trinajstić information content (AvgIpc) is 3.13. The molecule has 1 N–H and O–H groups in total. The lowest BCUT2D eigenvalue weighted by atomic mass is 10.1. The number of thiazole rings is 1. The summed E-state index contributed by atoms with van der Waals surface area (Å²) in [4.78, 5) is 4.24. The van der Waals surface area contributed by atoms with Crippen LogP contribution >= 0.6 is 11.3 Å². The number of hydrogen-bond donors (Lipinski definition) is 1. The highest BCUT2D eigenvalue weighted by molar-refractivity contribution is 7.13. The van der Waals surface area contributed by atoms with Crippen molar-refractivity contribution in [2.75, 3.05) is 12.4 Å². The molecule has 124 valence electrons. The van der Waals surface area contributed by atoms with Crippen molar-refractivity contribution in [3.05, 3.63) is 70.7 Å². The number of aromatic nitrogens is 1. The molecule has 0 bridgehead atoms. The van der Waals surface area contributed by atoms with Crippen LogP contribution in [0.1, 0.15) is 16.7 Å². The number of nitrogens with zero attached hydrogens (tertiary/aromatic N) is 1. The molecule has 0 aliphatic heterocycles. The van der Waals surface area contributed by atoms with Gasteiger partial charge in [0.1, 0.15) is 6.61 Å². The van der Waals surface area contributed by atoms with Gasteiger partial charge in [0.05, 0.1) is 7.11 Å². The van der Waals surface area contributed by atoms with Gasteiger partial charge in [-0.05, 0) is 24.1 Å². The summed E-state index contributed by atoms with van der Waals surface area (Å²) in [6.07, 6.45) is 1.79.